The Morgan fingerprint density at radius 3 is 2.72 bits per heavy atom. The number of halogens is 3. The Kier molecular flexibility index (Phi) is 7.30. The highest BCUT2D eigenvalue weighted by atomic mass is 79.9. The lowest BCUT2D eigenvalue weighted by Gasteiger charge is -2.15. The second-order valence-electron chi connectivity index (χ2n) is 5.64. The lowest BCUT2D eigenvalue weighted by atomic mass is 10.1. The van der Waals surface area contributed by atoms with E-state index in [-0.39, 0.29) is 12.5 Å². The number of methoxy groups -OCH3 is 1. The van der Waals surface area contributed by atoms with Crippen LogP contribution in [0.3, 0.4) is 0 Å². The highest BCUT2D eigenvalue weighted by Crippen LogP contribution is 2.40. The third-order valence-corrected chi connectivity index (χ3v) is 6.93. The van der Waals surface area contributed by atoms with Crippen molar-refractivity contribution in [3.8, 4) is 23.8 Å². The molecule has 1 heterocycles. The number of thiocarbonyl (C=S) groups is 1. The number of carbonyl (C=O) groups is 1. The third kappa shape index (κ3) is 4.81. The van der Waals surface area contributed by atoms with Crippen molar-refractivity contribution in [3.05, 3.63) is 54.8 Å². The molecule has 29 heavy (non-hydrogen) atoms. The monoisotopic (exact) mass is 571 g/mol. The number of amides is 1. The van der Waals surface area contributed by atoms with Gasteiger partial charge >= 0.3 is 0 Å². The summed E-state index contributed by atoms with van der Waals surface area (Å²) < 4.78 is 12.7. The molecule has 2 aromatic rings. The summed E-state index contributed by atoms with van der Waals surface area (Å²) in [6, 6.07) is 8.82. The molecule has 1 aliphatic heterocycles. The predicted octanol–water partition coefficient (Wildman–Crippen LogP) is 6.29. The maximum atomic E-state index is 13.0. The average molecular weight is 574 g/mol. The van der Waals surface area contributed by atoms with Crippen LogP contribution in [0.5, 0.6) is 11.5 Å². The molecule has 0 saturated carbocycles. The van der Waals surface area contributed by atoms with Gasteiger partial charge in [0.25, 0.3) is 5.91 Å². The molecule has 0 aromatic heterocycles. The van der Waals surface area contributed by atoms with E-state index in [1.165, 1.54) is 23.8 Å². The largest absolute Gasteiger partial charge is 0.493 e. The summed E-state index contributed by atoms with van der Waals surface area (Å²) in [6.45, 7) is 0.114. The second kappa shape index (κ2) is 9.54. The normalized spacial score (nSPS) is 15.0. The van der Waals surface area contributed by atoms with Crippen LogP contribution in [0.2, 0.25) is 5.02 Å². The Bertz CT molecular complexity index is 1080. The van der Waals surface area contributed by atoms with Crippen molar-refractivity contribution in [3.63, 3.8) is 0 Å². The molecule has 0 radical (unpaired) electrons. The minimum atomic E-state index is -0.221. The summed E-state index contributed by atoms with van der Waals surface area (Å²) in [7, 11) is 1.53. The molecule has 0 unspecified atom stereocenters. The molecular weight excluding hydrogens is 562 g/mol. The molecule has 2 aromatic carbocycles. The van der Waals surface area contributed by atoms with Crippen molar-refractivity contribution >= 4 is 89.4 Å². The van der Waals surface area contributed by atoms with Crippen molar-refractivity contribution in [1.82, 2.24) is 0 Å². The zero-order valence-electron chi connectivity index (χ0n) is 14.9. The fraction of sp³-hybridized carbons (Fsp3) is 0.100. The summed E-state index contributed by atoms with van der Waals surface area (Å²) in [6.07, 6.45) is 7.00. The first-order valence-corrected chi connectivity index (χ1v) is 11.2. The second-order valence-corrected chi connectivity index (χ2v) is 9.43. The lowest BCUT2D eigenvalue weighted by molar-refractivity contribution is -0.113. The predicted molar refractivity (Wildman–Crippen MR) is 130 cm³/mol. The van der Waals surface area contributed by atoms with Gasteiger partial charge in [0, 0.05) is 4.47 Å². The summed E-state index contributed by atoms with van der Waals surface area (Å²) in [5.41, 5.74) is 1.36. The summed E-state index contributed by atoms with van der Waals surface area (Å²) >= 11 is 19.6. The number of nitrogens with zero attached hydrogens (tertiary/aromatic N) is 1. The molecule has 3 rings (SSSR count). The van der Waals surface area contributed by atoms with Gasteiger partial charge in [-0.1, -0.05) is 41.5 Å². The highest BCUT2D eigenvalue weighted by Gasteiger charge is 2.33. The molecule has 0 aliphatic carbocycles. The smallest absolute Gasteiger partial charge is 0.270 e. The number of hydrogen-bond donors (Lipinski definition) is 0. The summed E-state index contributed by atoms with van der Waals surface area (Å²) in [5.74, 6) is 3.19. The number of ether oxygens (including phenoxy) is 2. The van der Waals surface area contributed by atoms with Crippen LogP contribution in [0.1, 0.15) is 5.56 Å². The number of terminal acetylenes is 1. The fourth-order valence-electron chi connectivity index (χ4n) is 2.54. The molecule has 0 bridgehead atoms. The Morgan fingerprint density at radius 1 is 1.31 bits per heavy atom. The average Bonchev–Trinajstić information content (AvgIpc) is 2.96. The molecule has 1 aliphatic rings. The Morgan fingerprint density at radius 2 is 2.07 bits per heavy atom. The number of anilines is 1. The van der Waals surface area contributed by atoms with Gasteiger partial charge in [0.05, 0.1) is 27.2 Å². The number of thioether (sulfide) groups is 1. The van der Waals surface area contributed by atoms with E-state index in [4.69, 9.17) is 39.7 Å². The lowest BCUT2D eigenvalue weighted by Crippen LogP contribution is -2.27. The van der Waals surface area contributed by atoms with Gasteiger partial charge in [-0.25, -0.2) is 0 Å². The van der Waals surface area contributed by atoms with Crippen LogP contribution in [0, 0.1) is 12.3 Å². The van der Waals surface area contributed by atoms with E-state index in [0.717, 1.165) is 10.0 Å². The van der Waals surface area contributed by atoms with Gasteiger partial charge in [0.1, 0.15) is 6.61 Å². The Hall–Kier alpha value is -1.50. The van der Waals surface area contributed by atoms with E-state index in [9.17, 15) is 4.79 Å². The van der Waals surface area contributed by atoms with Crippen LogP contribution in [-0.4, -0.2) is 23.9 Å². The van der Waals surface area contributed by atoms with E-state index in [0.29, 0.717) is 35.9 Å². The maximum absolute atomic E-state index is 13.0. The topological polar surface area (TPSA) is 38.8 Å². The third-order valence-electron chi connectivity index (χ3n) is 3.80. The quantitative estimate of drug-likeness (QED) is 0.239. The molecule has 148 valence electrons. The molecule has 4 nitrogen and oxygen atoms in total. The fourth-order valence-corrected chi connectivity index (χ4v) is 4.84. The minimum absolute atomic E-state index is 0.114. The number of carbonyl (C=O) groups excluding carboxylic acids is 1. The van der Waals surface area contributed by atoms with Gasteiger partial charge in [-0.15, -0.1) is 6.42 Å². The molecule has 9 heteroatoms. The number of benzene rings is 2. The van der Waals surface area contributed by atoms with Gasteiger partial charge in [0.15, 0.2) is 15.8 Å². The standard InChI is InChI=1S/C20H12Br2ClNO3S2/c1-3-6-27-18-14(22)7-11(8-16(18)26-2)9-17-19(25)24(20(28)29-17)12-4-5-13(21)15(23)10-12/h1,4-5,7-10H,6H2,2H3. The molecule has 1 fully saturated rings. The molecule has 1 amide bonds. The van der Waals surface area contributed by atoms with Gasteiger partial charge in [-0.05, 0) is 73.8 Å². The van der Waals surface area contributed by atoms with Gasteiger partial charge in [-0.3, -0.25) is 9.69 Å². The summed E-state index contributed by atoms with van der Waals surface area (Å²) in [5, 5.41) is 0.497. The van der Waals surface area contributed by atoms with Crippen molar-refractivity contribution < 1.29 is 14.3 Å². The van der Waals surface area contributed by atoms with Crippen LogP contribution >= 0.6 is 67.4 Å². The van der Waals surface area contributed by atoms with Crippen molar-refractivity contribution in [1.29, 1.82) is 0 Å². The highest BCUT2D eigenvalue weighted by molar-refractivity contribution is 9.10. The first kappa shape index (κ1) is 22.2. The number of rotatable bonds is 5. The molecule has 1 saturated heterocycles. The van der Waals surface area contributed by atoms with E-state index in [1.807, 2.05) is 6.07 Å². The molecular formula is C20H12Br2ClNO3S2. The first-order valence-electron chi connectivity index (χ1n) is 8.02. The van der Waals surface area contributed by atoms with Crippen LogP contribution < -0.4 is 14.4 Å². The van der Waals surface area contributed by atoms with E-state index < -0.39 is 0 Å². The Labute approximate surface area is 199 Å². The minimum Gasteiger partial charge on any atom is -0.493 e. The van der Waals surface area contributed by atoms with Gasteiger partial charge < -0.3 is 9.47 Å². The van der Waals surface area contributed by atoms with Gasteiger partial charge in [-0.2, -0.15) is 0 Å². The van der Waals surface area contributed by atoms with Crippen LogP contribution in [0.4, 0.5) is 5.69 Å². The maximum Gasteiger partial charge on any atom is 0.270 e. The summed E-state index contributed by atoms with van der Waals surface area (Å²) in [4.78, 5) is 14.9. The SMILES string of the molecule is C#CCOc1c(Br)cc(C=C2SC(=S)N(c3ccc(Br)c(Cl)c3)C2=O)cc1OC. The zero-order valence-corrected chi connectivity index (χ0v) is 20.4. The number of hydrogen-bond acceptors (Lipinski definition) is 5. The Balaban J connectivity index is 1.94. The van der Waals surface area contributed by atoms with E-state index in [2.05, 4.69) is 37.8 Å². The molecule has 0 spiro atoms. The van der Waals surface area contributed by atoms with Crippen LogP contribution in [-0.2, 0) is 4.79 Å². The molecule has 0 atom stereocenters. The van der Waals surface area contributed by atoms with Crippen molar-refractivity contribution in [2.75, 3.05) is 18.6 Å². The van der Waals surface area contributed by atoms with E-state index >= 15 is 0 Å². The zero-order chi connectivity index (χ0) is 21.1. The van der Waals surface area contributed by atoms with E-state index in [1.54, 1.807) is 30.3 Å². The first-order chi connectivity index (χ1) is 13.8. The van der Waals surface area contributed by atoms with Crippen molar-refractivity contribution in [2.45, 2.75) is 0 Å². The van der Waals surface area contributed by atoms with Crippen molar-refractivity contribution in [2.24, 2.45) is 0 Å². The molecule has 0 N–H and O–H groups in total. The van der Waals surface area contributed by atoms with Crippen LogP contribution in [0.15, 0.2) is 44.2 Å². The van der Waals surface area contributed by atoms with Crippen LogP contribution in [0.25, 0.3) is 6.08 Å². The van der Waals surface area contributed by atoms with Gasteiger partial charge in [0.2, 0.25) is 0 Å².